The second kappa shape index (κ2) is 8.66. The molecule has 1 amide bonds. The molecule has 5 rings (SSSR count). The van der Waals surface area contributed by atoms with Crippen LogP contribution in [-0.4, -0.2) is 57.5 Å². The molecule has 4 heterocycles. The van der Waals surface area contributed by atoms with Gasteiger partial charge >= 0.3 is 6.01 Å². The lowest BCUT2D eigenvalue weighted by Crippen LogP contribution is -2.54. The number of methoxy groups -OCH3 is 1. The van der Waals surface area contributed by atoms with Gasteiger partial charge in [0.25, 0.3) is 5.91 Å². The van der Waals surface area contributed by atoms with Crippen molar-refractivity contribution < 1.29 is 13.9 Å². The predicted molar refractivity (Wildman–Crippen MR) is 133 cm³/mol. The van der Waals surface area contributed by atoms with Crippen molar-refractivity contribution in [3.05, 3.63) is 47.7 Å². The Bertz CT molecular complexity index is 1440. The summed E-state index contributed by atoms with van der Waals surface area (Å²) in [6.45, 7) is 7.58. The monoisotopic (exact) mass is 478 g/mol. The highest BCUT2D eigenvalue weighted by molar-refractivity contribution is 6.13. The first-order valence-electron chi connectivity index (χ1n) is 11.3. The zero-order valence-electron chi connectivity index (χ0n) is 20.0. The molecule has 0 radical (unpaired) electrons. The zero-order valence-corrected chi connectivity index (χ0v) is 20.0. The highest BCUT2D eigenvalue weighted by Crippen LogP contribution is 2.31. The Labute approximate surface area is 201 Å². The van der Waals surface area contributed by atoms with Crippen LogP contribution in [0.3, 0.4) is 0 Å². The number of nitrogens with one attached hydrogen (secondary N) is 2. The van der Waals surface area contributed by atoms with E-state index >= 15 is 0 Å². The number of nitrogen functional groups attached to an aromatic ring is 1. The number of piperazine rings is 1. The number of carbonyl (C=O) groups is 1. The fourth-order valence-corrected chi connectivity index (χ4v) is 4.67. The van der Waals surface area contributed by atoms with E-state index in [-0.39, 0.29) is 17.3 Å². The van der Waals surface area contributed by atoms with Crippen LogP contribution in [0.15, 0.2) is 30.6 Å². The molecule has 4 N–H and O–H groups in total. The van der Waals surface area contributed by atoms with Gasteiger partial charge in [-0.25, -0.2) is 14.4 Å². The van der Waals surface area contributed by atoms with Gasteiger partial charge in [0.15, 0.2) is 11.5 Å². The highest BCUT2D eigenvalue weighted by atomic mass is 19.1. The lowest BCUT2D eigenvalue weighted by Gasteiger charge is -2.38. The lowest BCUT2D eigenvalue weighted by molar-refractivity contribution is 0.102. The van der Waals surface area contributed by atoms with E-state index in [0.717, 1.165) is 24.2 Å². The van der Waals surface area contributed by atoms with Crippen LogP contribution in [0.25, 0.3) is 16.6 Å². The van der Waals surface area contributed by atoms with Crippen LogP contribution in [-0.2, 0) is 0 Å². The van der Waals surface area contributed by atoms with Gasteiger partial charge in [0.1, 0.15) is 5.82 Å². The first-order chi connectivity index (χ1) is 16.7. The Kier molecular flexibility index (Phi) is 5.64. The molecule has 1 fully saturated rings. The second-order valence-corrected chi connectivity index (χ2v) is 8.93. The Morgan fingerprint density at radius 1 is 1.26 bits per heavy atom. The van der Waals surface area contributed by atoms with Gasteiger partial charge in [-0.15, -0.1) is 0 Å². The number of halogens is 1. The summed E-state index contributed by atoms with van der Waals surface area (Å²) in [5.41, 5.74) is 8.57. The molecule has 10 nitrogen and oxygen atoms in total. The molecule has 11 heteroatoms. The van der Waals surface area contributed by atoms with E-state index in [4.69, 9.17) is 10.5 Å². The Morgan fingerprint density at radius 2 is 2.00 bits per heavy atom. The van der Waals surface area contributed by atoms with Gasteiger partial charge in [0, 0.05) is 54.7 Å². The number of ether oxygens (including phenoxy) is 1. The topological polar surface area (TPSA) is 123 Å². The second-order valence-electron chi connectivity index (χ2n) is 8.93. The fourth-order valence-electron chi connectivity index (χ4n) is 4.67. The Balaban J connectivity index is 1.55. The Morgan fingerprint density at radius 3 is 2.71 bits per heavy atom. The number of nitrogens with two attached hydrogens (primary N) is 1. The number of nitrogens with zero attached hydrogens (tertiary/aromatic N) is 5. The predicted octanol–water partition coefficient (Wildman–Crippen LogP) is 2.75. The fraction of sp³-hybridized carbons (Fsp3) is 0.333. The number of aryl methyl sites for hydroxylation is 1. The molecule has 2 atom stereocenters. The van der Waals surface area contributed by atoms with Crippen molar-refractivity contribution in [1.29, 1.82) is 0 Å². The van der Waals surface area contributed by atoms with Gasteiger partial charge in [-0.2, -0.15) is 4.98 Å². The number of amides is 1. The van der Waals surface area contributed by atoms with Crippen molar-refractivity contribution in [2.24, 2.45) is 0 Å². The maximum absolute atomic E-state index is 14.6. The quantitative estimate of drug-likeness (QED) is 0.409. The van der Waals surface area contributed by atoms with Gasteiger partial charge in [-0.3, -0.25) is 9.20 Å². The largest absolute Gasteiger partial charge is 0.467 e. The molecule has 0 spiro atoms. The summed E-state index contributed by atoms with van der Waals surface area (Å²) in [4.78, 5) is 28.5. The van der Waals surface area contributed by atoms with Crippen LogP contribution < -0.4 is 26.0 Å². The van der Waals surface area contributed by atoms with Crippen molar-refractivity contribution in [1.82, 2.24) is 24.7 Å². The molecule has 0 aliphatic carbocycles. The third kappa shape index (κ3) is 4.08. The van der Waals surface area contributed by atoms with Gasteiger partial charge in [-0.1, -0.05) is 0 Å². The summed E-state index contributed by atoms with van der Waals surface area (Å²) in [6.07, 6.45) is 3.21. The molecular formula is C24H27FN8O2. The molecular weight excluding hydrogens is 451 g/mol. The number of rotatable bonds is 4. The summed E-state index contributed by atoms with van der Waals surface area (Å²) in [5, 5.41) is 7.02. The SMILES string of the molecule is COc1ncc2c(N3C[C@H](C)N[C@@H](C)C3)ccc(C(=O)Nc3cc(F)c4nc(C)c(N)n4c3)c2n1. The summed E-state index contributed by atoms with van der Waals surface area (Å²) >= 11 is 0. The van der Waals surface area contributed by atoms with E-state index in [2.05, 4.69) is 44.3 Å². The summed E-state index contributed by atoms with van der Waals surface area (Å²) < 4.78 is 21.3. The van der Waals surface area contributed by atoms with Gasteiger partial charge < -0.3 is 26.0 Å². The minimum Gasteiger partial charge on any atom is -0.467 e. The standard InChI is InChI=1S/C24H27FN8O2/c1-12-9-32(10-13(2)28-12)19-6-5-16(20-17(19)8-27-24(31-20)35-4)23(34)30-15-7-18(25)22-29-14(3)21(26)33(22)11-15/h5-8,11-13,28H,9-10,26H2,1-4H3,(H,30,34)/t12-,13-/m0/s1. The third-order valence-corrected chi connectivity index (χ3v) is 6.18. The van der Waals surface area contributed by atoms with Crippen molar-refractivity contribution in [2.45, 2.75) is 32.9 Å². The van der Waals surface area contributed by atoms with E-state index in [1.54, 1.807) is 25.4 Å². The number of benzene rings is 1. The van der Waals surface area contributed by atoms with Gasteiger partial charge in [-0.05, 0) is 32.9 Å². The van der Waals surface area contributed by atoms with E-state index in [0.29, 0.717) is 34.7 Å². The first-order valence-corrected chi connectivity index (χ1v) is 11.3. The number of carbonyl (C=O) groups excluding carboxylic acids is 1. The summed E-state index contributed by atoms with van der Waals surface area (Å²) in [7, 11) is 1.47. The molecule has 0 bridgehead atoms. The summed E-state index contributed by atoms with van der Waals surface area (Å²) in [5.74, 6) is -0.728. The smallest absolute Gasteiger partial charge is 0.316 e. The van der Waals surface area contributed by atoms with Crippen LogP contribution in [0.5, 0.6) is 6.01 Å². The van der Waals surface area contributed by atoms with Crippen LogP contribution in [0.1, 0.15) is 29.9 Å². The number of imidazole rings is 1. The van der Waals surface area contributed by atoms with Gasteiger partial charge in [0.2, 0.25) is 0 Å². The molecule has 35 heavy (non-hydrogen) atoms. The lowest BCUT2D eigenvalue weighted by atomic mass is 10.0. The van der Waals surface area contributed by atoms with Gasteiger partial charge in [0.05, 0.1) is 29.6 Å². The molecule has 0 saturated carbocycles. The molecule has 1 aliphatic heterocycles. The number of hydrogen-bond acceptors (Lipinski definition) is 8. The maximum Gasteiger partial charge on any atom is 0.316 e. The average Bonchev–Trinajstić information content (AvgIpc) is 3.11. The molecule has 182 valence electrons. The Hall–Kier alpha value is -3.99. The number of anilines is 3. The normalized spacial score (nSPS) is 18.3. The molecule has 1 aliphatic rings. The third-order valence-electron chi connectivity index (χ3n) is 6.18. The molecule has 1 saturated heterocycles. The average molecular weight is 479 g/mol. The summed E-state index contributed by atoms with van der Waals surface area (Å²) in [6, 6.07) is 5.61. The molecule has 0 unspecified atom stereocenters. The van der Waals surface area contributed by atoms with Crippen LogP contribution in [0, 0.1) is 12.7 Å². The van der Waals surface area contributed by atoms with E-state index in [1.807, 2.05) is 6.07 Å². The molecule has 3 aromatic heterocycles. The first kappa shape index (κ1) is 22.8. The molecule has 4 aromatic rings. The maximum atomic E-state index is 14.6. The van der Waals surface area contributed by atoms with Crippen molar-refractivity contribution in [3.63, 3.8) is 0 Å². The van der Waals surface area contributed by atoms with Crippen LogP contribution in [0.2, 0.25) is 0 Å². The number of pyridine rings is 1. The number of hydrogen-bond donors (Lipinski definition) is 3. The van der Waals surface area contributed by atoms with E-state index < -0.39 is 11.7 Å². The zero-order chi connectivity index (χ0) is 24.9. The van der Waals surface area contributed by atoms with Crippen molar-refractivity contribution in [2.75, 3.05) is 36.1 Å². The number of aromatic nitrogens is 4. The van der Waals surface area contributed by atoms with Crippen molar-refractivity contribution >= 4 is 39.6 Å². The van der Waals surface area contributed by atoms with E-state index in [9.17, 15) is 9.18 Å². The number of fused-ring (bicyclic) bond motifs is 2. The minimum absolute atomic E-state index is 0.102. The van der Waals surface area contributed by atoms with Crippen molar-refractivity contribution in [3.8, 4) is 6.01 Å². The van der Waals surface area contributed by atoms with Crippen LogP contribution >= 0.6 is 0 Å². The highest BCUT2D eigenvalue weighted by Gasteiger charge is 2.25. The molecule has 1 aromatic carbocycles. The van der Waals surface area contributed by atoms with Crippen LogP contribution in [0.4, 0.5) is 21.6 Å². The van der Waals surface area contributed by atoms with E-state index in [1.165, 1.54) is 17.6 Å². The minimum atomic E-state index is -0.589.